The molecule has 0 fully saturated rings. The van der Waals surface area contributed by atoms with E-state index in [1.165, 1.54) is 48.7 Å². The average Bonchev–Trinajstić information content (AvgIpc) is 2.99. The standard InChI is InChI=1S/C15H10F3NO3/c16-15(17,18)14(21)19-11-6-3-10(4-7-11)5-8-12(20)13-2-1-9-22-13/h1-9H,(H,19,21)/b8-5+. The SMILES string of the molecule is O=C(/C=C/c1ccc(NC(=O)C(F)(F)F)cc1)c1ccco1. The predicted octanol–water partition coefficient (Wildman–Crippen LogP) is 3.68. The van der Waals surface area contributed by atoms with Crippen molar-refractivity contribution in [3.8, 4) is 0 Å². The normalized spacial score (nSPS) is 11.6. The Hall–Kier alpha value is -2.83. The van der Waals surface area contributed by atoms with Crippen LogP contribution in [0, 0.1) is 0 Å². The fraction of sp³-hybridized carbons (Fsp3) is 0.0667. The molecule has 1 heterocycles. The quantitative estimate of drug-likeness (QED) is 0.692. The Morgan fingerprint density at radius 1 is 1.09 bits per heavy atom. The molecule has 0 aliphatic carbocycles. The summed E-state index contributed by atoms with van der Waals surface area (Å²) >= 11 is 0. The van der Waals surface area contributed by atoms with Crippen molar-refractivity contribution in [1.29, 1.82) is 0 Å². The second-order valence-corrected chi connectivity index (χ2v) is 4.25. The first-order valence-electron chi connectivity index (χ1n) is 6.10. The maximum absolute atomic E-state index is 12.1. The Morgan fingerprint density at radius 3 is 2.32 bits per heavy atom. The van der Waals surface area contributed by atoms with Gasteiger partial charge in [0.1, 0.15) is 0 Å². The van der Waals surface area contributed by atoms with E-state index in [2.05, 4.69) is 0 Å². The Kier molecular flexibility index (Phi) is 4.45. The smallest absolute Gasteiger partial charge is 0.461 e. The van der Waals surface area contributed by atoms with Crippen LogP contribution in [-0.2, 0) is 4.79 Å². The van der Waals surface area contributed by atoms with Gasteiger partial charge in [0.15, 0.2) is 5.76 Å². The van der Waals surface area contributed by atoms with Crippen LogP contribution in [0.5, 0.6) is 0 Å². The van der Waals surface area contributed by atoms with Crippen molar-refractivity contribution in [2.45, 2.75) is 6.18 Å². The number of amides is 1. The number of benzene rings is 1. The molecule has 7 heteroatoms. The van der Waals surface area contributed by atoms with Gasteiger partial charge in [0, 0.05) is 5.69 Å². The highest BCUT2D eigenvalue weighted by atomic mass is 19.4. The minimum absolute atomic E-state index is 0.0110. The molecule has 0 aliphatic rings. The number of alkyl halides is 3. The van der Waals surface area contributed by atoms with Gasteiger partial charge in [0.05, 0.1) is 6.26 Å². The number of furan rings is 1. The molecule has 1 aromatic heterocycles. The van der Waals surface area contributed by atoms with Crippen molar-refractivity contribution < 1.29 is 27.2 Å². The zero-order valence-electron chi connectivity index (χ0n) is 11.1. The van der Waals surface area contributed by atoms with Gasteiger partial charge in [-0.15, -0.1) is 0 Å². The number of rotatable bonds is 4. The number of hydrogen-bond donors (Lipinski definition) is 1. The second-order valence-electron chi connectivity index (χ2n) is 4.25. The van der Waals surface area contributed by atoms with E-state index in [0.29, 0.717) is 5.56 Å². The van der Waals surface area contributed by atoms with Crippen LogP contribution in [0.3, 0.4) is 0 Å². The molecule has 1 amide bonds. The number of nitrogens with one attached hydrogen (secondary N) is 1. The topological polar surface area (TPSA) is 59.3 Å². The molecular formula is C15H10F3NO3. The van der Waals surface area contributed by atoms with E-state index >= 15 is 0 Å². The highest BCUT2D eigenvalue weighted by Gasteiger charge is 2.38. The van der Waals surface area contributed by atoms with Gasteiger partial charge in [0.25, 0.3) is 0 Å². The van der Waals surface area contributed by atoms with Gasteiger partial charge in [-0.1, -0.05) is 18.2 Å². The first kappa shape index (κ1) is 15.6. The Bertz CT molecular complexity index is 686. The molecule has 2 rings (SSSR count). The molecule has 0 spiro atoms. The van der Waals surface area contributed by atoms with Crippen molar-refractivity contribution in [2.75, 3.05) is 5.32 Å². The van der Waals surface area contributed by atoms with Crippen LogP contribution in [0.2, 0.25) is 0 Å². The van der Waals surface area contributed by atoms with Crippen LogP contribution in [0.15, 0.2) is 53.2 Å². The van der Waals surface area contributed by atoms with Crippen LogP contribution in [-0.4, -0.2) is 17.9 Å². The third-order valence-electron chi connectivity index (χ3n) is 2.62. The van der Waals surface area contributed by atoms with Crippen molar-refractivity contribution in [2.24, 2.45) is 0 Å². The summed E-state index contributed by atoms with van der Waals surface area (Å²) in [5.74, 6) is -2.19. The largest absolute Gasteiger partial charge is 0.471 e. The predicted molar refractivity (Wildman–Crippen MR) is 73.2 cm³/mol. The number of carbonyl (C=O) groups is 2. The third kappa shape index (κ3) is 4.08. The van der Waals surface area contributed by atoms with Gasteiger partial charge in [0.2, 0.25) is 5.78 Å². The molecule has 1 aromatic carbocycles. The number of carbonyl (C=O) groups excluding carboxylic acids is 2. The Balaban J connectivity index is 2.00. The van der Waals surface area contributed by atoms with Gasteiger partial charge in [-0.25, -0.2) is 0 Å². The Labute approximate surface area is 123 Å². The lowest BCUT2D eigenvalue weighted by molar-refractivity contribution is -0.167. The zero-order valence-corrected chi connectivity index (χ0v) is 11.1. The number of allylic oxidation sites excluding steroid dienone is 1. The molecule has 0 bridgehead atoms. The molecule has 4 nitrogen and oxygen atoms in total. The van der Waals surface area contributed by atoms with Gasteiger partial charge in [-0.05, 0) is 35.9 Å². The molecule has 22 heavy (non-hydrogen) atoms. The van der Waals surface area contributed by atoms with E-state index in [9.17, 15) is 22.8 Å². The fourth-order valence-corrected chi connectivity index (χ4v) is 1.55. The first-order valence-corrected chi connectivity index (χ1v) is 6.10. The van der Waals surface area contributed by atoms with Gasteiger partial charge >= 0.3 is 12.1 Å². The molecule has 0 unspecified atom stereocenters. The van der Waals surface area contributed by atoms with Crippen molar-refractivity contribution in [3.05, 3.63) is 60.1 Å². The average molecular weight is 309 g/mol. The Morgan fingerprint density at radius 2 is 1.77 bits per heavy atom. The maximum atomic E-state index is 12.1. The van der Waals surface area contributed by atoms with Crippen molar-refractivity contribution in [3.63, 3.8) is 0 Å². The summed E-state index contributed by atoms with van der Waals surface area (Å²) in [7, 11) is 0. The first-order chi connectivity index (χ1) is 10.4. The second kappa shape index (κ2) is 6.30. The van der Waals surface area contributed by atoms with E-state index in [0.717, 1.165) is 0 Å². The highest BCUT2D eigenvalue weighted by molar-refractivity contribution is 6.04. The summed E-state index contributed by atoms with van der Waals surface area (Å²) in [6.45, 7) is 0. The molecule has 1 N–H and O–H groups in total. The van der Waals surface area contributed by atoms with Crippen LogP contribution in [0.25, 0.3) is 6.08 Å². The molecule has 0 aliphatic heterocycles. The molecule has 0 radical (unpaired) electrons. The van der Waals surface area contributed by atoms with E-state index in [-0.39, 0.29) is 17.2 Å². The van der Waals surface area contributed by atoms with Crippen molar-refractivity contribution in [1.82, 2.24) is 0 Å². The van der Waals surface area contributed by atoms with E-state index in [4.69, 9.17) is 4.42 Å². The number of ketones is 1. The lowest BCUT2D eigenvalue weighted by Crippen LogP contribution is -2.29. The lowest BCUT2D eigenvalue weighted by atomic mass is 10.1. The van der Waals surface area contributed by atoms with Crippen LogP contribution in [0.4, 0.5) is 18.9 Å². The van der Waals surface area contributed by atoms with E-state index < -0.39 is 12.1 Å². The number of halogens is 3. The summed E-state index contributed by atoms with van der Waals surface area (Å²) in [6.07, 6.45) is -0.796. The third-order valence-corrected chi connectivity index (χ3v) is 2.62. The van der Waals surface area contributed by atoms with Crippen LogP contribution < -0.4 is 5.32 Å². The molecule has 2 aromatic rings. The molecule has 0 saturated heterocycles. The van der Waals surface area contributed by atoms with Crippen LogP contribution >= 0.6 is 0 Å². The fourth-order valence-electron chi connectivity index (χ4n) is 1.55. The zero-order chi connectivity index (χ0) is 16.2. The molecule has 114 valence electrons. The van der Waals surface area contributed by atoms with E-state index in [1.54, 1.807) is 11.4 Å². The molecule has 0 atom stereocenters. The summed E-state index contributed by atoms with van der Waals surface area (Å²) in [5, 5.41) is 1.73. The van der Waals surface area contributed by atoms with Gasteiger partial charge in [-0.2, -0.15) is 13.2 Å². The maximum Gasteiger partial charge on any atom is 0.471 e. The van der Waals surface area contributed by atoms with Crippen LogP contribution in [0.1, 0.15) is 16.1 Å². The minimum Gasteiger partial charge on any atom is -0.461 e. The highest BCUT2D eigenvalue weighted by Crippen LogP contribution is 2.18. The van der Waals surface area contributed by atoms with E-state index in [1.807, 2.05) is 0 Å². The molecular weight excluding hydrogens is 299 g/mol. The summed E-state index contributed by atoms with van der Waals surface area (Å²) < 4.78 is 41.2. The molecule has 0 saturated carbocycles. The van der Waals surface area contributed by atoms with Gasteiger partial charge in [-0.3, -0.25) is 9.59 Å². The monoisotopic (exact) mass is 309 g/mol. The minimum atomic E-state index is -4.94. The summed E-state index contributed by atoms with van der Waals surface area (Å²) in [4.78, 5) is 22.4. The number of hydrogen-bond acceptors (Lipinski definition) is 3. The summed E-state index contributed by atoms with van der Waals surface area (Å²) in [5.41, 5.74) is 0.599. The number of anilines is 1. The van der Waals surface area contributed by atoms with Gasteiger partial charge < -0.3 is 9.73 Å². The lowest BCUT2D eigenvalue weighted by Gasteiger charge is -2.07. The van der Waals surface area contributed by atoms with Crippen molar-refractivity contribution >= 4 is 23.5 Å². The summed E-state index contributed by atoms with van der Waals surface area (Å²) in [6, 6.07) is 8.65.